The molecule has 1 aliphatic heterocycles. The van der Waals surface area contributed by atoms with Gasteiger partial charge in [-0.25, -0.2) is 0 Å². The van der Waals surface area contributed by atoms with E-state index in [0.29, 0.717) is 6.61 Å². The molecule has 0 radical (unpaired) electrons. The van der Waals surface area contributed by atoms with Crippen LogP contribution in [0.1, 0.15) is 0 Å². The van der Waals surface area contributed by atoms with Crippen LogP contribution in [0, 0.1) is 0 Å². The van der Waals surface area contributed by atoms with Crippen LogP contribution in [0.2, 0.25) is 0 Å². The van der Waals surface area contributed by atoms with E-state index in [-0.39, 0.29) is 6.10 Å². The van der Waals surface area contributed by atoms with Gasteiger partial charge in [-0.3, -0.25) is 4.68 Å². The average molecular weight is 230 g/mol. The normalized spacial score (nSPS) is 18.1. The molecule has 1 fully saturated rings. The van der Waals surface area contributed by atoms with Gasteiger partial charge in [-0.15, -0.1) is 0 Å². The maximum atomic E-state index is 5.77. The Morgan fingerprint density at radius 3 is 2.94 bits per heavy atom. The Labute approximate surface area is 99.8 Å². The Bertz CT molecular complexity index is 518. The molecule has 1 aromatic heterocycles. The monoisotopic (exact) mass is 230 g/mol. The minimum atomic E-state index is 0.273. The van der Waals surface area contributed by atoms with Crippen molar-refractivity contribution < 1.29 is 9.47 Å². The summed E-state index contributed by atoms with van der Waals surface area (Å²) in [5.74, 6) is 0.881. The quantitative estimate of drug-likeness (QED) is 0.753. The fraction of sp³-hybridized carbons (Fsp3) is 0.308. The highest BCUT2D eigenvalue weighted by atomic mass is 16.6. The van der Waals surface area contributed by atoms with Gasteiger partial charge in [-0.05, 0) is 18.2 Å². The molecule has 0 amide bonds. The zero-order valence-electron chi connectivity index (χ0n) is 9.67. The van der Waals surface area contributed by atoms with Crippen LogP contribution in [0.5, 0.6) is 5.75 Å². The van der Waals surface area contributed by atoms with Crippen molar-refractivity contribution >= 4 is 0 Å². The molecule has 0 saturated carbocycles. The van der Waals surface area contributed by atoms with Crippen molar-refractivity contribution in [2.24, 2.45) is 7.05 Å². The van der Waals surface area contributed by atoms with Crippen molar-refractivity contribution in [2.45, 2.75) is 6.10 Å². The summed E-state index contributed by atoms with van der Waals surface area (Å²) in [4.78, 5) is 0. The van der Waals surface area contributed by atoms with E-state index in [4.69, 9.17) is 9.47 Å². The molecule has 1 aromatic carbocycles. The first-order valence-corrected chi connectivity index (χ1v) is 5.66. The standard InChI is InChI=1S/C13H14N2O2/c1-15-12(6-7-14-15)11-4-2-3-5-13(11)17-9-10-8-16-10/h2-7,10H,8-9H2,1H3. The SMILES string of the molecule is Cn1nccc1-c1ccccc1OCC1CO1. The van der Waals surface area contributed by atoms with Gasteiger partial charge in [0.25, 0.3) is 0 Å². The van der Waals surface area contributed by atoms with Crippen LogP contribution in [-0.2, 0) is 11.8 Å². The van der Waals surface area contributed by atoms with Gasteiger partial charge >= 0.3 is 0 Å². The molecule has 88 valence electrons. The molecule has 2 heterocycles. The number of aromatic nitrogens is 2. The summed E-state index contributed by atoms with van der Waals surface area (Å²) in [5.41, 5.74) is 2.12. The topological polar surface area (TPSA) is 39.6 Å². The second-order valence-corrected chi connectivity index (χ2v) is 4.10. The average Bonchev–Trinajstić information content (AvgIpc) is 3.09. The molecule has 3 rings (SSSR count). The van der Waals surface area contributed by atoms with Crippen LogP contribution in [0.25, 0.3) is 11.3 Å². The smallest absolute Gasteiger partial charge is 0.128 e. The number of para-hydroxylation sites is 1. The molecule has 4 heteroatoms. The zero-order chi connectivity index (χ0) is 11.7. The van der Waals surface area contributed by atoms with Gasteiger partial charge in [0.2, 0.25) is 0 Å². The maximum Gasteiger partial charge on any atom is 0.128 e. The van der Waals surface area contributed by atoms with Crippen molar-refractivity contribution in [1.82, 2.24) is 9.78 Å². The number of ether oxygens (including phenoxy) is 2. The van der Waals surface area contributed by atoms with Gasteiger partial charge in [-0.2, -0.15) is 5.10 Å². The highest BCUT2D eigenvalue weighted by Crippen LogP contribution is 2.29. The lowest BCUT2D eigenvalue weighted by atomic mass is 10.1. The van der Waals surface area contributed by atoms with Crippen LogP contribution in [0.3, 0.4) is 0 Å². The minimum absolute atomic E-state index is 0.273. The first kappa shape index (κ1) is 10.4. The molecule has 0 spiro atoms. The van der Waals surface area contributed by atoms with E-state index in [2.05, 4.69) is 5.10 Å². The first-order valence-electron chi connectivity index (χ1n) is 5.66. The predicted octanol–water partition coefficient (Wildman–Crippen LogP) is 1.86. The fourth-order valence-electron chi connectivity index (χ4n) is 1.79. The van der Waals surface area contributed by atoms with Crippen molar-refractivity contribution in [3.8, 4) is 17.0 Å². The lowest BCUT2D eigenvalue weighted by Gasteiger charge is -2.10. The predicted molar refractivity (Wildman–Crippen MR) is 63.9 cm³/mol. The Hall–Kier alpha value is -1.81. The van der Waals surface area contributed by atoms with Gasteiger partial charge in [-0.1, -0.05) is 12.1 Å². The van der Waals surface area contributed by atoms with E-state index in [1.807, 2.05) is 42.1 Å². The first-order chi connectivity index (χ1) is 8.34. The number of aryl methyl sites for hydroxylation is 1. The molecule has 1 atom stereocenters. The Morgan fingerprint density at radius 2 is 2.24 bits per heavy atom. The van der Waals surface area contributed by atoms with E-state index in [0.717, 1.165) is 23.6 Å². The fourth-order valence-corrected chi connectivity index (χ4v) is 1.79. The van der Waals surface area contributed by atoms with Crippen LogP contribution < -0.4 is 4.74 Å². The molecule has 2 aromatic rings. The molecular weight excluding hydrogens is 216 g/mol. The molecule has 17 heavy (non-hydrogen) atoms. The number of benzene rings is 1. The summed E-state index contributed by atoms with van der Waals surface area (Å²) in [6, 6.07) is 9.98. The van der Waals surface area contributed by atoms with E-state index in [1.165, 1.54) is 0 Å². The van der Waals surface area contributed by atoms with E-state index >= 15 is 0 Å². The number of epoxide rings is 1. The maximum absolute atomic E-state index is 5.77. The lowest BCUT2D eigenvalue weighted by Crippen LogP contribution is -2.05. The van der Waals surface area contributed by atoms with Crippen molar-refractivity contribution in [3.63, 3.8) is 0 Å². The van der Waals surface area contributed by atoms with Gasteiger partial charge in [0, 0.05) is 18.8 Å². The van der Waals surface area contributed by atoms with Crippen LogP contribution in [-0.4, -0.2) is 29.1 Å². The number of nitrogens with zero attached hydrogens (tertiary/aromatic N) is 2. The van der Waals surface area contributed by atoms with Gasteiger partial charge < -0.3 is 9.47 Å². The Morgan fingerprint density at radius 1 is 1.41 bits per heavy atom. The summed E-state index contributed by atoms with van der Waals surface area (Å²) in [6.07, 6.45) is 2.06. The third kappa shape index (κ3) is 2.17. The summed E-state index contributed by atoms with van der Waals surface area (Å²) in [6.45, 7) is 1.43. The Balaban J connectivity index is 1.89. The van der Waals surface area contributed by atoms with Crippen molar-refractivity contribution in [1.29, 1.82) is 0 Å². The van der Waals surface area contributed by atoms with Crippen molar-refractivity contribution in [3.05, 3.63) is 36.5 Å². The summed E-state index contributed by atoms with van der Waals surface area (Å²) >= 11 is 0. The molecule has 0 N–H and O–H groups in total. The molecule has 1 aliphatic rings. The molecule has 0 aliphatic carbocycles. The molecular formula is C13H14N2O2. The van der Waals surface area contributed by atoms with Crippen molar-refractivity contribution in [2.75, 3.05) is 13.2 Å². The zero-order valence-corrected chi connectivity index (χ0v) is 9.67. The summed E-state index contributed by atoms with van der Waals surface area (Å²) < 4.78 is 12.8. The van der Waals surface area contributed by atoms with Crippen LogP contribution in [0.15, 0.2) is 36.5 Å². The third-order valence-electron chi connectivity index (χ3n) is 2.81. The van der Waals surface area contributed by atoms with E-state index in [1.54, 1.807) is 6.20 Å². The minimum Gasteiger partial charge on any atom is -0.490 e. The molecule has 1 unspecified atom stereocenters. The summed E-state index contributed by atoms with van der Waals surface area (Å²) in [7, 11) is 1.93. The second kappa shape index (κ2) is 4.22. The van der Waals surface area contributed by atoms with Crippen LogP contribution >= 0.6 is 0 Å². The molecule has 4 nitrogen and oxygen atoms in total. The largest absolute Gasteiger partial charge is 0.490 e. The molecule has 0 bridgehead atoms. The highest BCUT2D eigenvalue weighted by Gasteiger charge is 2.23. The molecule has 1 saturated heterocycles. The van der Waals surface area contributed by atoms with Gasteiger partial charge in [0.15, 0.2) is 0 Å². The lowest BCUT2D eigenvalue weighted by molar-refractivity contribution is 0.264. The highest BCUT2D eigenvalue weighted by molar-refractivity contribution is 5.67. The van der Waals surface area contributed by atoms with Gasteiger partial charge in [0.05, 0.1) is 12.3 Å². The van der Waals surface area contributed by atoms with E-state index < -0.39 is 0 Å². The van der Waals surface area contributed by atoms with E-state index in [9.17, 15) is 0 Å². The third-order valence-corrected chi connectivity index (χ3v) is 2.81. The second-order valence-electron chi connectivity index (χ2n) is 4.10. The Kier molecular flexibility index (Phi) is 2.57. The summed E-state index contributed by atoms with van der Waals surface area (Å²) in [5, 5.41) is 4.18. The van der Waals surface area contributed by atoms with Gasteiger partial charge in [0.1, 0.15) is 18.5 Å². The van der Waals surface area contributed by atoms with Crippen LogP contribution in [0.4, 0.5) is 0 Å². The number of hydrogen-bond acceptors (Lipinski definition) is 3. The number of rotatable bonds is 4. The number of hydrogen-bond donors (Lipinski definition) is 0.